The Balaban J connectivity index is 2.82. The van der Waals surface area contributed by atoms with Crippen LogP contribution in [-0.4, -0.2) is 20.8 Å². The molecule has 0 saturated carbocycles. The Morgan fingerprint density at radius 3 is 2.60 bits per heavy atom. The van der Waals surface area contributed by atoms with Crippen LogP contribution >= 0.6 is 0 Å². The molecule has 0 spiro atoms. The van der Waals surface area contributed by atoms with E-state index in [2.05, 4.69) is 4.84 Å². The Hall–Kier alpha value is -1.10. The molecule has 4 nitrogen and oxygen atoms in total. The smallest absolute Gasteiger partial charge is 0.119 e. The molecule has 0 saturated heterocycles. The van der Waals surface area contributed by atoms with Gasteiger partial charge >= 0.3 is 0 Å². The monoisotopic (exact) mass is 211 g/mol. The molecule has 0 aromatic heterocycles. The molecule has 1 aromatic carbocycles. The maximum Gasteiger partial charge on any atom is 0.119 e. The van der Waals surface area contributed by atoms with Gasteiger partial charge in [-0.15, -0.1) is 0 Å². The lowest BCUT2D eigenvalue weighted by atomic mass is 10.1. The van der Waals surface area contributed by atoms with Gasteiger partial charge in [0.1, 0.15) is 5.75 Å². The molecule has 0 aliphatic heterocycles. The molecule has 0 atom stereocenters. The van der Waals surface area contributed by atoms with Crippen LogP contribution in [0.15, 0.2) is 18.2 Å². The molecule has 0 radical (unpaired) electrons. The van der Waals surface area contributed by atoms with Crippen molar-refractivity contribution >= 4 is 0 Å². The van der Waals surface area contributed by atoms with Crippen LogP contribution in [-0.2, 0) is 22.6 Å². The predicted octanol–water partition coefficient (Wildman–Crippen LogP) is 1.27. The van der Waals surface area contributed by atoms with Crippen LogP contribution in [0.1, 0.15) is 11.1 Å². The highest BCUT2D eigenvalue weighted by Crippen LogP contribution is 2.18. The molecule has 2 N–H and O–H groups in total. The minimum Gasteiger partial charge on any atom is -0.497 e. The lowest BCUT2D eigenvalue weighted by molar-refractivity contribution is 0.140. The lowest BCUT2D eigenvalue weighted by Crippen LogP contribution is -2.06. The topological polar surface area (TPSA) is 53.7 Å². The van der Waals surface area contributed by atoms with Crippen molar-refractivity contribution in [3.05, 3.63) is 29.3 Å². The highest BCUT2D eigenvalue weighted by atomic mass is 16.6. The third-order valence-corrected chi connectivity index (χ3v) is 2.20. The normalized spacial score (nSPS) is 10.3. The van der Waals surface area contributed by atoms with E-state index in [1.807, 2.05) is 18.2 Å². The van der Waals surface area contributed by atoms with Crippen molar-refractivity contribution in [3.63, 3.8) is 0 Å². The zero-order chi connectivity index (χ0) is 11.1. The Morgan fingerprint density at radius 2 is 2.00 bits per heavy atom. The summed E-state index contributed by atoms with van der Waals surface area (Å²) < 4.78 is 10.3. The van der Waals surface area contributed by atoms with Crippen molar-refractivity contribution in [2.45, 2.75) is 13.0 Å². The van der Waals surface area contributed by atoms with E-state index in [1.165, 1.54) is 5.56 Å². The lowest BCUT2D eigenvalue weighted by Gasteiger charge is -2.10. The summed E-state index contributed by atoms with van der Waals surface area (Å²) in [6.07, 6.45) is 0.777. The molecular formula is C11H17NO3. The number of rotatable bonds is 6. The second kappa shape index (κ2) is 6.40. The standard InChI is InChI=1S/C11H17NO3/c1-13-8-10-7-11(14-2)4-3-9(10)5-6-15-12/h3-4,7H,5-6,8,12H2,1-2H3. The van der Waals surface area contributed by atoms with Gasteiger partial charge in [-0.2, -0.15) is 0 Å². The van der Waals surface area contributed by atoms with Crippen LogP contribution in [0.4, 0.5) is 0 Å². The average Bonchev–Trinajstić information content (AvgIpc) is 2.27. The van der Waals surface area contributed by atoms with Gasteiger partial charge in [0.25, 0.3) is 0 Å². The van der Waals surface area contributed by atoms with Crippen LogP contribution in [0.25, 0.3) is 0 Å². The number of benzene rings is 1. The first kappa shape index (κ1) is 12.0. The number of nitrogens with two attached hydrogens (primary N) is 1. The second-order valence-corrected chi connectivity index (χ2v) is 3.19. The molecule has 1 rings (SSSR count). The van der Waals surface area contributed by atoms with Gasteiger partial charge in [-0.1, -0.05) is 6.07 Å². The van der Waals surface area contributed by atoms with E-state index in [1.54, 1.807) is 14.2 Å². The molecule has 0 unspecified atom stereocenters. The third kappa shape index (κ3) is 3.51. The quantitative estimate of drug-likeness (QED) is 0.720. The average molecular weight is 211 g/mol. The number of hydrogen-bond acceptors (Lipinski definition) is 4. The Morgan fingerprint density at radius 1 is 1.20 bits per heavy atom. The first-order valence-corrected chi connectivity index (χ1v) is 4.78. The van der Waals surface area contributed by atoms with E-state index < -0.39 is 0 Å². The van der Waals surface area contributed by atoms with E-state index in [0.29, 0.717) is 13.2 Å². The van der Waals surface area contributed by atoms with Crippen molar-refractivity contribution in [2.75, 3.05) is 20.8 Å². The van der Waals surface area contributed by atoms with Crippen molar-refractivity contribution in [1.82, 2.24) is 0 Å². The fourth-order valence-corrected chi connectivity index (χ4v) is 1.43. The first-order chi connectivity index (χ1) is 7.31. The summed E-state index contributed by atoms with van der Waals surface area (Å²) in [4.78, 5) is 4.56. The Kier molecular flexibility index (Phi) is 5.10. The van der Waals surface area contributed by atoms with Crippen LogP contribution < -0.4 is 10.6 Å². The summed E-state index contributed by atoms with van der Waals surface area (Å²) in [5, 5.41) is 0. The summed E-state index contributed by atoms with van der Waals surface area (Å²) in [6.45, 7) is 1.07. The summed E-state index contributed by atoms with van der Waals surface area (Å²) in [6, 6.07) is 5.90. The van der Waals surface area contributed by atoms with Gasteiger partial charge in [0.15, 0.2) is 0 Å². The van der Waals surface area contributed by atoms with Gasteiger partial charge in [0, 0.05) is 7.11 Å². The van der Waals surface area contributed by atoms with Crippen molar-refractivity contribution in [1.29, 1.82) is 0 Å². The fraction of sp³-hybridized carbons (Fsp3) is 0.455. The summed E-state index contributed by atoms with van der Waals surface area (Å²) in [5.74, 6) is 5.83. The Labute approximate surface area is 89.9 Å². The molecular weight excluding hydrogens is 194 g/mol. The van der Waals surface area contributed by atoms with Gasteiger partial charge in [-0.05, 0) is 29.7 Å². The van der Waals surface area contributed by atoms with Crippen LogP contribution in [0.2, 0.25) is 0 Å². The summed E-state index contributed by atoms with van der Waals surface area (Å²) >= 11 is 0. The molecule has 0 heterocycles. The molecule has 1 aromatic rings. The zero-order valence-electron chi connectivity index (χ0n) is 9.16. The van der Waals surface area contributed by atoms with Crippen molar-refractivity contribution in [2.24, 2.45) is 5.90 Å². The summed E-state index contributed by atoms with van der Waals surface area (Å²) in [5.41, 5.74) is 2.28. The summed E-state index contributed by atoms with van der Waals surface area (Å²) in [7, 11) is 3.32. The number of hydrogen-bond donors (Lipinski definition) is 1. The minimum atomic E-state index is 0.503. The molecule has 0 aliphatic carbocycles. The zero-order valence-corrected chi connectivity index (χ0v) is 9.16. The number of methoxy groups -OCH3 is 2. The van der Waals surface area contributed by atoms with Crippen LogP contribution in [0, 0.1) is 0 Å². The van der Waals surface area contributed by atoms with Crippen LogP contribution in [0.3, 0.4) is 0 Å². The molecule has 15 heavy (non-hydrogen) atoms. The highest BCUT2D eigenvalue weighted by Gasteiger charge is 2.04. The van der Waals surface area contributed by atoms with E-state index in [0.717, 1.165) is 17.7 Å². The SMILES string of the molecule is COCc1cc(OC)ccc1CCON. The predicted molar refractivity (Wildman–Crippen MR) is 57.6 cm³/mol. The van der Waals surface area contributed by atoms with Gasteiger partial charge in [-0.3, -0.25) is 0 Å². The van der Waals surface area contributed by atoms with Gasteiger partial charge in [-0.25, -0.2) is 5.90 Å². The molecule has 4 heteroatoms. The van der Waals surface area contributed by atoms with Crippen molar-refractivity contribution < 1.29 is 14.3 Å². The fourth-order valence-electron chi connectivity index (χ4n) is 1.43. The van der Waals surface area contributed by atoms with E-state index in [-0.39, 0.29) is 0 Å². The molecule has 84 valence electrons. The van der Waals surface area contributed by atoms with E-state index in [4.69, 9.17) is 15.4 Å². The molecule has 0 aliphatic rings. The van der Waals surface area contributed by atoms with E-state index >= 15 is 0 Å². The molecule has 0 bridgehead atoms. The Bertz CT molecular complexity index is 302. The highest BCUT2D eigenvalue weighted by molar-refractivity contribution is 5.35. The van der Waals surface area contributed by atoms with Gasteiger partial charge in [0.2, 0.25) is 0 Å². The second-order valence-electron chi connectivity index (χ2n) is 3.19. The van der Waals surface area contributed by atoms with Crippen LogP contribution in [0.5, 0.6) is 5.75 Å². The first-order valence-electron chi connectivity index (χ1n) is 4.78. The molecule has 0 fully saturated rings. The minimum absolute atomic E-state index is 0.503. The van der Waals surface area contributed by atoms with Crippen molar-refractivity contribution in [3.8, 4) is 5.75 Å². The third-order valence-electron chi connectivity index (χ3n) is 2.20. The van der Waals surface area contributed by atoms with E-state index in [9.17, 15) is 0 Å². The maximum atomic E-state index is 5.15. The van der Waals surface area contributed by atoms with Gasteiger partial charge < -0.3 is 14.3 Å². The largest absolute Gasteiger partial charge is 0.497 e. The number of ether oxygens (including phenoxy) is 2. The van der Waals surface area contributed by atoms with Gasteiger partial charge in [0.05, 0.1) is 20.3 Å². The molecule has 0 amide bonds. The maximum absolute atomic E-state index is 5.15.